The van der Waals surface area contributed by atoms with Gasteiger partial charge in [-0.15, -0.1) is 0 Å². The van der Waals surface area contributed by atoms with Crippen LogP contribution >= 0.6 is 0 Å². The van der Waals surface area contributed by atoms with Gasteiger partial charge in [0.25, 0.3) is 0 Å². The molecule has 0 aliphatic heterocycles. The first-order chi connectivity index (χ1) is 10.1. The van der Waals surface area contributed by atoms with Crippen molar-refractivity contribution in [1.29, 1.82) is 0 Å². The maximum atomic E-state index is 12.9. The molecule has 0 fully saturated rings. The SMILES string of the molecule is O=C(O)CCCCCCNC(=O)NCc1cccc(F)c1. The number of unbranched alkanes of at least 4 members (excludes halogenated alkanes) is 3. The summed E-state index contributed by atoms with van der Waals surface area (Å²) in [4.78, 5) is 21.8. The first kappa shape index (κ1) is 16.9. The van der Waals surface area contributed by atoms with Gasteiger partial charge in [0.2, 0.25) is 0 Å². The molecule has 2 amide bonds. The fraction of sp³-hybridized carbons (Fsp3) is 0.467. The van der Waals surface area contributed by atoms with Crippen molar-refractivity contribution < 1.29 is 19.1 Å². The number of urea groups is 1. The van der Waals surface area contributed by atoms with Crippen molar-refractivity contribution in [2.24, 2.45) is 0 Å². The Hall–Kier alpha value is -2.11. The van der Waals surface area contributed by atoms with Crippen LogP contribution < -0.4 is 10.6 Å². The summed E-state index contributed by atoms with van der Waals surface area (Å²) in [6.07, 6.45) is 3.41. The highest BCUT2D eigenvalue weighted by molar-refractivity contribution is 5.73. The predicted octanol–water partition coefficient (Wildman–Crippen LogP) is 2.66. The lowest BCUT2D eigenvalue weighted by atomic mass is 10.1. The van der Waals surface area contributed by atoms with Crippen LogP contribution in [-0.4, -0.2) is 23.7 Å². The fourth-order valence-corrected chi connectivity index (χ4v) is 1.85. The molecular weight excluding hydrogens is 275 g/mol. The Kier molecular flexibility index (Phi) is 7.86. The molecule has 0 spiro atoms. The van der Waals surface area contributed by atoms with E-state index in [9.17, 15) is 14.0 Å². The number of hydrogen-bond acceptors (Lipinski definition) is 2. The third-order valence-corrected chi connectivity index (χ3v) is 2.95. The molecule has 21 heavy (non-hydrogen) atoms. The van der Waals surface area contributed by atoms with E-state index < -0.39 is 5.97 Å². The summed E-state index contributed by atoms with van der Waals surface area (Å²) in [5.74, 6) is -1.10. The first-order valence-corrected chi connectivity index (χ1v) is 7.06. The Labute approximate surface area is 123 Å². The van der Waals surface area contributed by atoms with Crippen molar-refractivity contribution in [1.82, 2.24) is 10.6 Å². The van der Waals surface area contributed by atoms with E-state index in [1.807, 2.05) is 0 Å². The van der Waals surface area contributed by atoms with E-state index in [0.717, 1.165) is 19.3 Å². The molecule has 1 aromatic rings. The number of benzene rings is 1. The zero-order valence-corrected chi connectivity index (χ0v) is 11.9. The molecule has 0 saturated heterocycles. The van der Waals surface area contributed by atoms with Crippen LogP contribution in [0.25, 0.3) is 0 Å². The third-order valence-electron chi connectivity index (χ3n) is 2.95. The van der Waals surface area contributed by atoms with Gasteiger partial charge in [0.1, 0.15) is 5.82 Å². The summed E-state index contributed by atoms with van der Waals surface area (Å²) in [7, 11) is 0. The summed E-state index contributed by atoms with van der Waals surface area (Å²) in [5, 5.41) is 13.8. The fourth-order valence-electron chi connectivity index (χ4n) is 1.85. The molecule has 0 unspecified atom stereocenters. The standard InChI is InChI=1S/C15H21FN2O3/c16-13-7-5-6-12(10-13)11-18-15(21)17-9-4-2-1-3-8-14(19)20/h5-7,10H,1-4,8-9,11H2,(H,19,20)(H2,17,18,21). The molecular formula is C15H21FN2O3. The van der Waals surface area contributed by atoms with Gasteiger partial charge in [-0.05, 0) is 30.5 Å². The summed E-state index contributed by atoms with van der Waals surface area (Å²) in [5.41, 5.74) is 0.707. The van der Waals surface area contributed by atoms with E-state index in [1.54, 1.807) is 12.1 Å². The monoisotopic (exact) mass is 296 g/mol. The highest BCUT2D eigenvalue weighted by atomic mass is 19.1. The van der Waals surface area contributed by atoms with Gasteiger partial charge >= 0.3 is 12.0 Å². The highest BCUT2D eigenvalue weighted by Crippen LogP contribution is 2.03. The van der Waals surface area contributed by atoms with Gasteiger partial charge in [-0.1, -0.05) is 25.0 Å². The van der Waals surface area contributed by atoms with Crippen LogP contribution in [0.1, 0.15) is 37.7 Å². The van der Waals surface area contributed by atoms with Gasteiger partial charge < -0.3 is 15.7 Å². The Morgan fingerprint density at radius 1 is 1.10 bits per heavy atom. The van der Waals surface area contributed by atoms with Crippen LogP contribution in [0.2, 0.25) is 0 Å². The molecule has 3 N–H and O–H groups in total. The molecule has 0 bridgehead atoms. The zero-order valence-electron chi connectivity index (χ0n) is 11.9. The van der Waals surface area contributed by atoms with Crippen molar-refractivity contribution in [3.63, 3.8) is 0 Å². The topological polar surface area (TPSA) is 78.4 Å². The lowest BCUT2D eigenvalue weighted by molar-refractivity contribution is -0.137. The Morgan fingerprint density at radius 3 is 2.57 bits per heavy atom. The number of rotatable bonds is 9. The number of carboxylic acids is 1. The molecule has 5 nitrogen and oxygen atoms in total. The third kappa shape index (κ3) is 8.62. The molecule has 0 radical (unpaired) electrons. The number of carbonyl (C=O) groups excluding carboxylic acids is 1. The second kappa shape index (κ2) is 9.74. The van der Waals surface area contributed by atoms with Gasteiger partial charge in [0, 0.05) is 19.5 Å². The molecule has 1 rings (SSSR count). The predicted molar refractivity (Wildman–Crippen MR) is 77.4 cm³/mol. The van der Waals surface area contributed by atoms with Crippen molar-refractivity contribution >= 4 is 12.0 Å². The second-order valence-corrected chi connectivity index (χ2v) is 4.80. The summed E-state index contributed by atoms with van der Waals surface area (Å²) >= 11 is 0. The van der Waals surface area contributed by atoms with Crippen molar-refractivity contribution in [2.45, 2.75) is 38.6 Å². The van der Waals surface area contributed by atoms with E-state index in [2.05, 4.69) is 10.6 Å². The van der Waals surface area contributed by atoms with E-state index in [1.165, 1.54) is 12.1 Å². The Bertz CT molecular complexity index is 466. The number of amides is 2. The normalized spacial score (nSPS) is 10.1. The maximum absolute atomic E-state index is 12.9. The number of carboxylic acid groups (broad SMARTS) is 1. The average molecular weight is 296 g/mol. The lowest BCUT2D eigenvalue weighted by Crippen LogP contribution is -2.35. The van der Waals surface area contributed by atoms with E-state index in [4.69, 9.17) is 5.11 Å². The molecule has 0 saturated carbocycles. The van der Waals surface area contributed by atoms with Crippen molar-refractivity contribution in [3.05, 3.63) is 35.6 Å². The molecule has 0 atom stereocenters. The van der Waals surface area contributed by atoms with E-state index >= 15 is 0 Å². The maximum Gasteiger partial charge on any atom is 0.315 e. The molecule has 0 aliphatic carbocycles. The highest BCUT2D eigenvalue weighted by Gasteiger charge is 2.01. The Morgan fingerprint density at radius 2 is 1.86 bits per heavy atom. The minimum Gasteiger partial charge on any atom is -0.481 e. The van der Waals surface area contributed by atoms with Crippen molar-refractivity contribution in [2.75, 3.05) is 6.54 Å². The smallest absolute Gasteiger partial charge is 0.315 e. The number of hydrogen-bond donors (Lipinski definition) is 3. The van der Waals surface area contributed by atoms with Crippen LogP contribution in [0.5, 0.6) is 0 Å². The van der Waals surface area contributed by atoms with Gasteiger partial charge in [0.15, 0.2) is 0 Å². The summed E-state index contributed by atoms with van der Waals surface area (Å²) < 4.78 is 12.9. The molecule has 6 heteroatoms. The van der Waals surface area contributed by atoms with Gasteiger partial charge in [0.05, 0.1) is 0 Å². The summed E-state index contributed by atoms with van der Waals surface area (Å²) in [6.45, 7) is 0.824. The quantitative estimate of drug-likeness (QED) is 0.613. The summed E-state index contributed by atoms with van der Waals surface area (Å²) in [6, 6.07) is 5.79. The largest absolute Gasteiger partial charge is 0.481 e. The first-order valence-electron chi connectivity index (χ1n) is 7.06. The van der Waals surface area contributed by atoms with E-state index in [-0.39, 0.29) is 24.8 Å². The van der Waals surface area contributed by atoms with Crippen LogP contribution in [-0.2, 0) is 11.3 Å². The average Bonchev–Trinajstić information content (AvgIpc) is 2.44. The number of halogens is 1. The van der Waals surface area contributed by atoms with Gasteiger partial charge in [-0.2, -0.15) is 0 Å². The van der Waals surface area contributed by atoms with Gasteiger partial charge in [-0.25, -0.2) is 9.18 Å². The van der Waals surface area contributed by atoms with Crippen LogP contribution in [0.4, 0.5) is 9.18 Å². The van der Waals surface area contributed by atoms with Crippen LogP contribution in [0, 0.1) is 5.82 Å². The zero-order chi connectivity index (χ0) is 15.5. The van der Waals surface area contributed by atoms with Crippen LogP contribution in [0.3, 0.4) is 0 Å². The number of carbonyl (C=O) groups is 2. The second-order valence-electron chi connectivity index (χ2n) is 4.80. The molecule has 0 aliphatic rings. The van der Waals surface area contributed by atoms with Gasteiger partial charge in [-0.3, -0.25) is 4.79 Å². The number of aliphatic carboxylic acids is 1. The molecule has 0 aromatic heterocycles. The van der Waals surface area contributed by atoms with Crippen molar-refractivity contribution in [3.8, 4) is 0 Å². The molecule has 116 valence electrons. The molecule has 1 aromatic carbocycles. The number of nitrogens with one attached hydrogen (secondary N) is 2. The minimum atomic E-state index is -0.773. The molecule has 0 heterocycles. The lowest BCUT2D eigenvalue weighted by Gasteiger charge is -2.07. The minimum absolute atomic E-state index is 0.196. The Balaban J connectivity index is 2.03. The van der Waals surface area contributed by atoms with E-state index in [0.29, 0.717) is 18.5 Å². The van der Waals surface area contributed by atoms with Crippen LogP contribution in [0.15, 0.2) is 24.3 Å².